The van der Waals surface area contributed by atoms with Crippen LogP contribution in [0.1, 0.15) is 11.1 Å². The van der Waals surface area contributed by atoms with Crippen molar-refractivity contribution in [2.75, 3.05) is 21.1 Å². The van der Waals surface area contributed by atoms with Gasteiger partial charge in [-0.05, 0) is 5.56 Å². The van der Waals surface area contributed by atoms with Gasteiger partial charge in [-0.3, -0.25) is 0 Å². The first-order valence-electron chi connectivity index (χ1n) is 4.54. The molecule has 0 unspecified atom stereocenters. The summed E-state index contributed by atoms with van der Waals surface area (Å²) in [7, 11) is 6.58. The molecular weight excluding hydrogens is 177 g/mol. The van der Waals surface area contributed by atoms with Gasteiger partial charge < -0.3 is 9.19 Å². The van der Waals surface area contributed by atoms with Crippen LogP contribution < -0.4 is 4.70 Å². The fourth-order valence-electron chi connectivity index (χ4n) is 1.39. The Morgan fingerprint density at radius 2 is 1.79 bits per heavy atom. The maximum absolute atomic E-state index is 3.81. The molecule has 0 aliphatic rings. The van der Waals surface area contributed by atoms with Crippen molar-refractivity contribution in [1.82, 2.24) is 0 Å². The molecule has 0 saturated heterocycles. The van der Waals surface area contributed by atoms with Gasteiger partial charge in [-0.15, -0.1) is 0 Å². The van der Waals surface area contributed by atoms with Gasteiger partial charge in [-0.1, -0.05) is 36.9 Å². The van der Waals surface area contributed by atoms with Crippen LogP contribution in [-0.2, 0) is 6.54 Å². The number of halogens is 1. The molecule has 0 aromatic heterocycles. The molecule has 1 aromatic rings. The zero-order chi connectivity index (χ0) is 9.90. The van der Waals surface area contributed by atoms with Crippen molar-refractivity contribution in [3.63, 3.8) is 0 Å². The second-order valence-electron chi connectivity index (χ2n) is 4.35. The Labute approximate surface area is 85.6 Å². The lowest BCUT2D eigenvalue weighted by atomic mass is 10.1. The maximum atomic E-state index is 3.81. The Bertz CT molecular complexity index is 299. The molecule has 0 aliphatic heterocycles. The topological polar surface area (TPSA) is 0 Å². The van der Waals surface area contributed by atoms with E-state index in [0.717, 1.165) is 11.0 Å². The van der Waals surface area contributed by atoms with Crippen LogP contribution in [0.5, 0.6) is 0 Å². The van der Waals surface area contributed by atoms with E-state index in [0.29, 0.717) is 0 Å². The van der Waals surface area contributed by atoms with Crippen LogP contribution in [0.3, 0.4) is 0 Å². The molecule has 14 heavy (non-hydrogen) atoms. The molecule has 1 rings (SSSR count). The second-order valence-corrected chi connectivity index (χ2v) is 4.35. The first-order valence-corrected chi connectivity index (χ1v) is 4.54. The fraction of sp³-hybridized carbons (Fsp3) is 0.333. The summed E-state index contributed by atoms with van der Waals surface area (Å²) in [5.74, 6) is 0. The molecule has 0 amide bonds. The van der Waals surface area contributed by atoms with Crippen LogP contribution in [0.2, 0.25) is 0 Å². The first-order chi connectivity index (χ1) is 6.03. The van der Waals surface area contributed by atoms with E-state index in [2.05, 4.69) is 52.0 Å². The van der Waals surface area contributed by atoms with E-state index in [1.54, 1.807) is 0 Å². The SMILES string of the molecule is C=Cc1ccccc1C[N+](C)(C)C.[F-]. The second kappa shape index (κ2) is 4.91. The standard InChI is InChI=1S/C12H18N.FH/c1-5-11-8-6-7-9-12(11)10-13(2,3)4;/h5-9H,1,10H2,2-4H3;1H/q+1;/p-1. The number of quaternary nitrogens is 1. The van der Waals surface area contributed by atoms with Crippen LogP contribution in [0, 0.1) is 0 Å². The molecule has 1 nitrogen and oxygen atoms in total. The van der Waals surface area contributed by atoms with E-state index in [1.165, 1.54) is 11.1 Å². The lowest BCUT2D eigenvalue weighted by Gasteiger charge is -2.24. The van der Waals surface area contributed by atoms with Crippen molar-refractivity contribution in [3.05, 3.63) is 42.0 Å². The Morgan fingerprint density at radius 3 is 2.29 bits per heavy atom. The highest BCUT2D eigenvalue weighted by molar-refractivity contribution is 5.51. The molecule has 0 bridgehead atoms. The minimum atomic E-state index is 0. The van der Waals surface area contributed by atoms with Crippen molar-refractivity contribution < 1.29 is 9.19 Å². The van der Waals surface area contributed by atoms with Crippen molar-refractivity contribution >= 4 is 6.08 Å². The van der Waals surface area contributed by atoms with Crippen LogP contribution in [-0.4, -0.2) is 25.6 Å². The third-order valence-electron chi connectivity index (χ3n) is 1.92. The predicted molar refractivity (Wildman–Crippen MR) is 58.3 cm³/mol. The maximum Gasteiger partial charge on any atom is 0.104 e. The Hall–Kier alpha value is -1.15. The Kier molecular flexibility index (Phi) is 4.51. The number of nitrogens with zero attached hydrogens (tertiary/aromatic N) is 1. The average Bonchev–Trinajstić information content (AvgIpc) is 2.02. The Morgan fingerprint density at radius 1 is 1.21 bits per heavy atom. The van der Waals surface area contributed by atoms with Crippen LogP contribution in [0.4, 0.5) is 0 Å². The smallest absolute Gasteiger partial charge is 0.104 e. The minimum Gasteiger partial charge on any atom is -1.00 e. The highest BCUT2D eigenvalue weighted by atomic mass is 19.0. The molecule has 0 saturated carbocycles. The molecule has 0 atom stereocenters. The summed E-state index contributed by atoms with van der Waals surface area (Å²) in [6, 6.07) is 8.41. The van der Waals surface area contributed by atoms with E-state index in [1.807, 2.05) is 6.08 Å². The first kappa shape index (κ1) is 12.8. The zero-order valence-electron chi connectivity index (χ0n) is 9.13. The van der Waals surface area contributed by atoms with Crippen LogP contribution in [0.15, 0.2) is 30.8 Å². The summed E-state index contributed by atoms with van der Waals surface area (Å²) < 4.78 is 0.949. The van der Waals surface area contributed by atoms with E-state index in [9.17, 15) is 0 Å². The monoisotopic (exact) mass is 195 g/mol. The van der Waals surface area contributed by atoms with Crippen molar-refractivity contribution in [3.8, 4) is 0 Å². The lowest BCUT2D eigenvalue weighted by Crippen LogP contribution is -3.00. The zero-order valence-corrected chi connectivity index (χ0v) is 9.13. The van der Waals surface area contributed by atoms with E-state index < -0.39 is 0 Å². The van der Waals surface area contributed by atoms with Gasteiger partial charge in [0.25, 0.3) is 0 Å². The summed E-state index contributed by atoms with van der Waals surface area (Å²) in [6.45, 7) is 4.86. The van der Waals surface area contributed by atoms with E-state index in [4.69, 9.17) is 0 Å². The van der Waals surface area contributed by atoms with Crippen LogP contribution in [0.25, 0.3) is 6.08 Å². The van der Waals surface area contributed by atoms with E-state index in [-0.39, 0.29) is 4.70 Å². The van der Waals surface area contributed by atoms with Gasteiger partial charge >= 0.3 is 0 Å². The third kappa shape index (κ3) is 3.71. The number of hydrogen-bond donors (Lipinski definition) is 0. The molecule has 0 radical (unpaired) electrons. The normalized spacial score (nSPS) is 10.5. The molecular formula is C12H18FN. The quantitative estimate of drug-likeness (QED) is 0.573. The van der Waals surface area contributed by atoms with Crippen molar-refractivity contribution in [2.24, 2.45) is 0 Å². The summed E-state index contributed by atoms with van der Waals surface area (Å²) in [5, 5.41) is 0. The molecule has 0 fully saturated rings. The summed E-state index contributed by atoms with van der Waals surface area (Å²) in [4.78, 5) is 0. The van der Waals surface area contributed by atoms with Gasteiger partial charge in [0.1, 0.15) is 6.54 Å². The highest BCUT2D eigenvalue weighted by Gasteiger charge is 2.09. The number of rotatable bonds is 3. The van der Waals surface area contributed by atoms with Crippen molar-refractivity contribution in [2.45, 2.75) is 6.54 Å². The fourth-order valence-corrected chi connectivity index (χ4v) is 1.39. The lowest BCUT2D eigenvalue weighted by molar-refractivity contribution is -0.884. The number of benzene rings is 1. The molecule has 0 spiro atoms. The molecule has 0 N–H and O–H groups in total. The largest absolute Gasteiger partial charge is 1.00 e. The molecule has 0 heterocycles. The summed E-state index contributed by atoms with van der Waals surface area (Å²) >= 11 is 0. The highest BCUT2D eigenvalue weighted by Crippen LogP contribution is 2.13. The summed E-state index contributed by atoms with van der Waals surface area (Å²) in [6.07, 6.45) is 1.92. The Balaban J connectivity index is 0.00000169. The molecule has 2 heteroatoms. The van der Waals surface area contributed by atoms with Gasteiger partial charge in [-0.2, -0.15) is 0 Å². The number of hydrogen-bond acceptors (Lipinski definition) is 0. The van der Waals surface area contributed by atoms with Crippen molar-refractivity contribution in [1.29, 1.82) is 0 Å². The summed E-state index contributed by atoms with van der Waals surface area (Å²) in [5.41, 5.74) is 2.61. The molecule has 78 valence electrons. The van der Waals surface area contributed by atoms with Crippen LogP contribution >= 0.6 is 0 Å². The van der Waals surface area contributed by atoms with Gasteiger partial charge in [0.2, 0.25) is 0 Å². The average molecular weight is 195 g/mol. The molecule has 1 aromatic carbocycles. The van der Waals surface area contributed by atoms with Gasteiger partial charge in [-0.25, -0.2) is 0 Å². The minimum absolute atomic E-state index is 0. The van der Waals surface area contributed by atoms with Gasteiger partial charge in [0, 0.05) is 5.56 Å². The molecule has 0 aliphatic carbocycles. The third-order valence-corrected chi connectivity index (χ3v) is 1.92. The predicted octanol–water partition coefficient (Wildman–Crippen LogP) is -0.460. The van der Waals surface area contributed by atoms with Gasteiger partial charge in [0.05, 0.1) is 21.1 Å². The van der Waals surface area contributed by atoms with E-state index >= 15 is 0 Å². The van der Waals surface area contributed by atoms with Gasteiger partial charge in [0.15, 0.2) is 0 Å².